The molecule has 0 saturated heterocycles. The van der Waals surface area contributed by atoms with Gasteiger partial charge in [0.15, 0.2) is 0 Å². The van der Waals surface area contributed by atoms with Crippen LogP contribution in [-0.4, -0.2) is 112 Å². The fourth-order valence-electron chi connectivity index (χ4n) is 2.83. The quantitative estimate of drug-likeness (QED) is 0.149. The molecule has 0 aromatic carbocycles. The highest BCUT2D eigenvalue weighted by Crippen LogP contribution is 2.03. The smallest absolute Gasteiger partial charge is 0.115 e. The van der Waals surface area contributed by atoms with Crippen molar-refractivity contribution in [2.75, 3.05) is 80.2 Å². The highest BCUT2D eigenvalue weighted by Gasteiger charge is 2.21. The molecule has 0 amide bonds. The van der Waals surface area contributed by atoms with Gasteiger partial charge in [0.2, 0.25) is 0 Å². The van der Waals surface area contributed by atoms with Gasteiger partial charge in [-0.1, -0.05) is 13.3 Å². The third kappa shape index (κ3) is 13.5. The number of hydrogen-bond acceptors (Lipinski definition) is 7. The Balaban J connectivity index is 4.19. The predicted octanol–water partition coefficient (Wildman–Crippen LogP) is -0.987. The van der Waals surface area contributed by atoms with Crippen molar-refractivity contribution in [1.82, 2.24) is 10.4 Å². The number of quaternary nitrogens is 1. The Kier molecular flexibility index (Phi) is 14.6. The summed E-state index contributed by atoms with van der Waals surface area (Å²) in [6, 6.07) is 0. The molecule has 8 nitrogen and oxygen atoms in total. The van der Waals surface area contributed by atoms with E-state index < -0.39 is 6.10 Å². The van der Waals surface area contributed by atoms with Gasteiger partial charge in [0.05, 0.1) is 27.3 Å². The van der Waals surface area contributed by atoms with E-state index in [4.69, 9.17) is 20.4 Å². The van der Waals surface area contributed by atoms with E-state index in [0.29, 0.717) is 43.8 Å². The van der Waals surface area contributed by atoms with Crippen LogP contribution in [0.5, 0.6) is 0 Å². The maximum absolute atomic E-state index is 10.3. The second-order valence-corrected chi connectivity index (χ2v) is 7.19. The minimum Gasteiger partial charge on any atom is -0.391 e. The molecule has 0 aromatic rings. The van der Waals surface area contributed by atoms with Gasteiger partial charge in [-0.2, -0.15) is 0 Å². The molecule has 0 aliphatic rings. The van der Waals surface area contributed by atoms with E-state index in [1.54, 1.807) is 7.11 Å². The van der Waals surface area contributed by atoms with Crippen LogP contribution in [0.4, 0.5) is 0 Å². The normalized spacial score (nSPS) is 14.9. The van der Waals surface area contributed by atoms with Gasteiger partial charge in [-0.25, -0.2) is 5.48 Å². The second-order valence-electron chi connectivity index (χ2n) is 7.19. The van der Waals surface area contributed by atoms with E-state index in [9.17, 15) is 5.11 Å². The zero-order chi connectivity index (χ0) is 19.1. The molecule has 0 radical (unpaired) electrons. The molecule has 0 spiro atoms. The number of likely N-dealkylation sites (N-methyl/N-ethyl adjacent to an activating group) is 1. The van der Waals surface area contributed by atoms with Crippen molar-refractivity contribution in [1.29, 1.82) is 0 Å². The van der Waals surface area contributed by atoms with Gasteiger partial charge in [-0.15, -0.1) is 0 Å². The van der Waals surface area contributed by atoms with Crippen molar-refractivity contribution in [2.45, 2.75) is 32.0 Å². The Bertz CT molecular complexity index is 302. The van der Waals surface area contributed by atoms with Crippen molar-refractivity contribution in [3.05, 3.63) is 0 Å². The Morgan fingerprint density at radius 3 is 2.56 bits per heavy atom. The maximum Gasteiger partial charge on any atom is 0.115 e. The van der Waals surface area contributed by atoms with E-state index in [1.807, 2.05) is 14.1 Å². The fourth-order valence-corrected chi connectivity index (χ4v) is 2.83. The molecule has 0 fully saturated rings. The second kappa shape index (κ2) is 14.8. The fraction of sp³-hybridized carbons (Fsp3) is 1.00. The minimum atomic E-state index is -0.463. The third-order valence-electron chi connectivity index (χ3n) is 4.07. The van der Waals surface area contributed by atoms with Crippen LogP contribution in [0, 0.1) is 0 Å². The van der Waals surface area contributed by atoms with Crippen LogP contribution in [-0.2, 0) is 9.57 Å². The molecule has 0 aliphatic carbocycles. The monoisotopic (exact) mass is 365 g/mol. The number of nitrogens with two attached hydrogens (primary N) is 1. The Hall–Kier alpha value is -0.320. The van der Waals surface area contributed by atoms with Crippen LogP contribution in [0.1, 0.15) is 19.8 Å². The van der Waals surface area contributed by atoms with Gasteiger partial charge in [0.25, 0.3) is 0 Å². The first-order valence-corrected chi connectivity index (χ1v) is 9.29. The van der Waals surface area contributed by atoms with Crippen LogP contribution in [0.25, 0.3) is 0 Å². The molecule has 8 heteroatoms. The van der Waals surface area contributed by atoms with Gasteiger partial charge >= 0.3 is 0 Å². The summed E-state index contributed by atoms with van der Waals surface area (Å²) in [6.07, 6.45) is 1.59. The SMILES string of the molecule is CCCC(COC)ONCCN(CCN)CC(O)C[N+](C)(C)CCO. The molecule has 0 heterocycles. The standard InChI is InChI=1S/C17H41N4O4/c1-5-6-17(15-24-4)25-19-8-10-20(9-7-18)13-16(23)14-21(2,3)11-12-22/h16-17,19,22-23H,5-15,18H2,1-4H3/q+1. The average Bonchev–Trinajstić information content (AvgIpc) is 2.51. The Morgan fingerprint density at radius 1 is 1.28 bits per heavy atom. The van der Waals surface area contributed by atoms with Crippen molar-refractivity contribution >= 4 is 0 Å². The van der Waals surface area contributed by atoms with Gasteiger partial charge in [-0.3, -0.25) is 9.74 Å². The first-order chi connectivity index (χ1) is 11.9. The topological polar surface area (TPSA) is 100 Å². The summed E-state index contributed by atoms with van der Waals surface area (Å²) in [6.45, 7) is 7.26. The molecule has 0 aromatic heterocycles. The van der Waals surface area contributed by atoms with E-state index in [-0.39, 0.29) is 12.7 Å². The predicted molar refractivity (Wildman–Crippen MR) is 100 cm³/mol. The number of hydroxylamine groups is 1. The molecule has 0 rings (SSSR count). The Morgan fingerprint density at radius 2 is 2.00 bits per heavy atom. The molecule has 25 heavy (non-hydrogen) atoms. The van der Waals surface area contributed by atoms with E-state index >= 15 is 0 Å². The summed E-state index contributed by atoms with van der Waals surface area (Å²) in [5.41, 5.74) is 8.69. The third-order valence-corrected chi connectivity index (χ3v) is 4.07. The van der Waals surface area contributed by atoms with Gasteiger partial charge < -0.3 is 25.2 Å². The lowest BCUT2D eigenvalue weighted by molar-refractivity contribution is -0.893. The highest BCUT2D eigenvalue weighted by atomic mass is 16.7. The number of methoxy groups -OCH3 is 1. The zero-order valence-corrected chi connectivity index (χ0v) is 16.6. The summed E-state index contributed by atoms with van der Waals surface area (Å²) in [5, 5.41) is 19.4. The summed E-state index contributed by atoms with van der Waals surface area (Å²) < 4.78 is 5.74. The number of nitrogens with one attached hydrogen (secondary N) is 1. The zero-order valence-electron chi connectivity index (χ0n) is 16.6. The molecule has 0 bridgehead atoms. The molecule has 2 atom stereocenters. The minimum absolute atomic E-state index is 0.0557. The lowest BCUT2D eigenvalue weighted by Crippen LogP contribution is -2.50. The lowest BCUT2D eigenvalue weighted by atomic mass is 10.2. The van der Waals surface area contributed by atoms with Crippen LogP contribution in [0.2, 0.25) is 0 Å². The van der Waals surface area contributed by atoms with E-state index in [2.05, 4.69) is 17.3 Å². The lowest BCUT2D eigenvalue weighted by Gasteiger charge is -2.33. The molecule has 2 unspecified atom stereocenters. The molecule has 0 saturated carbocycles. The van der Waals surface area contributed by atoms with E-state index in [0.717, 1.165) is 25.9 Å². The maximum atomic E-state index is 10.3. The van der Waals surface area contributed by atoms with Gasteiger partial charge in [0, 0.05) is 39.8 Å². The van der Waals surface area contributed by atoms with Crippen molar-refractivity contribution < 1.29 is 24.3 Å². The van der Waals surface area contributed by atoms with Gasteiger partial charge in [0.1, 0.15) is 25.3 Å². The largest absolute Gasteiger partial charge is 0.391 e. The first kappa shape index (κ1) is 24.7. The van der Waals surface area contributed by atoms with E-state index in [1.165, 1.54) is 0 Å². The van der Waals surface area contributed by atoms with Crippen molar-refractivity contribution in [2.24, 2.45) is 5.73 Å². The van der Waals surface area contributed by atoms with Crippen molar-refractivity contribution in [3.63, 3.8) is 0 Å². The summed E-state index contributed by atoms with van der Waals surface area (Å²) in [5.74, 6) is 0. The Labute approximate surface area is 153 Å². The van der Waals surface area contributed by atoms with Gasteiger partial charge in [-0.05, 0) is 6.42 Å². The van der Waals surface area contributed by atoms with Crippen LogP contribution >= 0.6 is 0 Å². The van der Waals surface area contributed by atoms with Crippen LogP contribution in [0.3, 0.4) is 0 Å². The number of rotatable bonds is 17. The number of ether oxygens (including phenoxy) is 1. The number of nitrogens with zero attached hydrogens (tertiary/aromatic N) is 2. The first-order valence-electron chi connectivity index (χ1n) is 9.29. The summed E-state index contributed by atoms with van der Waals surface area (Å²) in [7, 11) is 5.69. The van der Waals surface area contributed by atoms with Crippen molar-refractivity contribution in [3.8, 4) is 0 Å². The molecular formula is C17H41N4O4+. The average molecular weight is 366 g/mol. The number of hydrogen-bond donors (Lipinski definition) is 4. The number of aliphatic hydroxyl groups is 2. The molecule has 0 aliphatic heterocycles. The highest BCUT2D eigenvalue weighted by molar-refractivity contribution is 4.66. The number of aliphatic hydroxyl groups excluding tert-OH is 2. The van der Waals surface area contributed by atoms with Crippen LogP contribution in [0.15, 0.2) is 0 Å². The summed E-state index contributed by atoms with van der Waals surface area (Å²) in [4.78, 5) is 7.77. The molecular weight excluding hydrogens is 324 g/mol. The van der Waals surface area contributed by atoms with Crippen LogP contribution < -0.4 is 11.2 Å². The molecule has 5 N–H and O–H groups in total. The molecule has 152 valence electrons. The summed E-state index contributed by atoms with van der Waals surface area (Å²) >= 11 is 0.